The molecule has 0 radical (unpaired) electrons. The number of hydrogen-bond donors (Lipinski definition) is 2. The molecular formula is C26H40N6. The summed E-state index contributed by atoms with van der Waals surface area (Å²) in [7, 11) is 0. The Morgan fingerprint density at radius 1 is 0.719 bits per heavy atom. The molecule has 4 rings (SSSR count). The summed E-state index contributed by atoms with van der Waals surface area (Å²) in [5.41, 5.74) is 3.52. The van der Waals surface area contributed by atoms with Crippen LogP contribution < -0.4 is 10.6 Å². The third kappa shape index (κ3) is 10.1. The number of nitrogens with zero attached hydrogens (tertiary/aromatic N) is 4. The fourth-order valence-corrected chi connectivity index (χ4v) is 3.64. The summed E-state index contributed by atoms with van der Waals surface area (Å²) in [5.74, 6) is 0. The van der Waals surface area contributed by atoms with Gasteiger partial charge in [-0.25, -0.2) is 0 Å². The second-order valence-corrected chi connectivity index (χ2v) is 8.00. The van der Waals surface area contributed by atoms with Crippen molar-refractivity contribution in [2.75, 3.05) is 32.7 Å². The molecule has 3 aromatic heterocycles. The Kier molecular flexibility index (Phi) is 11.4. The Labute approximate surface area is 195 Å². The van der Waals surface area contributed by atoms with Crippen molar-refractivity contribution in [1.29, 1.82) is 0 Å². The number of hydrogen-bond acceptors (Lipinski definition) is 6. The minimum Gasteiger partial charge on any atom is -0.311 e. The maximum absolute atomic E-state index is 4.29. The standard InChI is InChI=1S/C13H21N3.C13H15N3.2H2/c1-4-9-16(10-5-1)11-8-14-12-13-6-2-3-7-15-13;1-2-7-16-13(3-1)11-15-10-6-12-4-8-14-9-5-12;;/h2-3,6-7,14H,1,4-5,8-12H2;1-5,7-9,15H,6,10-11H2;2*1H. The van der Waals surface area contributed by atoms with E-state index in [4.69, 9.17) is 0 Å². The summed E-state index contributed by atoms with van der Waals surface area (Å²) < 4.78 is 0. The Morgan fingerprint density at radius 2 is 1.34 bits per heavy atom. The van der Waals surface area contributed by atoms with E-state index in [1.165, 1.54) is 44.5 Å². The quantitative estimate of drug-likeness (QED) is 0.469. The lowest BCUT2D eigenvalue weighted by atomic mass is 10.1. The Hall–Kier alpha value is -2.67. The highest BCUT2D eigenvalue weighted by molar-refractivity contribution is 5.10. The number of piperidine rings is 1. The molecule has 1 aliphatic heterocycles. The fourth-order valence-electron chi connectivity index (χ4n) is 3.64. The van der Waals surface area contributed by atoms with Gasteiger partial charge >= 0.3 is 0 Å². The molecule has 0 bridgehead atoms. The van der Waals surface area contributed by atoms with Gasteiger partial charge in [-0.2, -0.15) is 0 Å². The van der Waals surface area contributed by atoms with Gasteiger partial charge in [0.2, 0.25) is 0 Å². The lowest BCUT2D eigenvalue weighted by molar-refractivity contribution is 0.229. The lowest BCUT2D eigenvalue weighted by Crippen LogP contribution is -2.35. The first-order chi connectivity index (χ1) is 15.9. The Morgan fingerprint density at radius 3 is 1.94 bits per heavy atom. The van der Waals surface area contributed by atoms with Crippen LogP contribution in [0.25, 0.3) is 0 Å². The van der Waals surface area contributed by atoms with Gasteiger partial charge in [0.1, 0.15) is 0 Å². The second kappa shape index (κ2) is 15.2. The maximum Gasteiger partial charge on any atom is 0.0541 e. The topological polar surface area (TPSA) is 66.0 Å². The summed E-state index contributed by atoms with van der Waals surface area (Å²) in [6, 6.07) is 16.1. The van der Waals surface area contributed by atoms with Gasteiger partial charge < -0.3 is 15.5 Å². The molecule has 1 aliphatic rings. The van der Waals surface area contributed by atoms with Gasteiger partial charge in [0.05, 0.1) is 11.4 Å². The van der Waals surface area contributed by atoms with Crippen molar-refractivity contribution in [3.05, 3.63) is 90.3 Å². The summed E-state index contributed by atoms with van der Waals surface area (Å²) in [6.45, 7) is 7.47. The molecule has 0 saturated carbocycles. The van der Waals surface area contributed by atoms with E-state index >= 15 is 0 Å². The van der Waals surface area contributed by atoms with E-state index < -0.39 is 0 Å². The molecule has 0 atom stereocenters. The van der Waals surface area contributed by atoms with Crippen LogP contribution >= 0.6 is 0 Å². The van der Waals surface area contributed by atoms with Crippen molar-refractivity contribution < 1.29 is 2.85 Å². The van der Waals surface area contributed by atoms with Crippen LogP contribution in [-0.2, 0) is 19.5 Å². The van der Waals surface area contributed by atoms with Gasteiger partial charge in [-0.3, -0.25) is 15.0 Å². The van der Waals surface area contributed by atoms with Crippen LogP contribution in [0.1, 0.15) is 39.1 Å². The van der Waals surface area contributed by atoms with Crippen molar-refractivity contribution in [3.63, 3.8) is 0 Å². The molecule has 0 aliphatic carbocycles. The second-order valence-electron chi connectivity index (χ2n) is 8.00. The minimum absolute atomic E-state index is 0. The third-order valence-electron chi connectivity index (χ3n) is 5.46. The molecule has 6 heteroatoms. The predicted molar refractivity (Wildman–Crippen MR) is 134 cm³/mol. The molecule has 3 aromatic rings. The highest BCUT2D eigenvalue weighted by Gasteiger charge is 2.08. The third-order valence-corrected chi connectivity index (χ3v) is 5.46. The first-order valence-electron chi connectivity index (χ1n) is 11.7. The van der Waals surface area contributed by atoms with E-state index in [-0.39, 0.29) is 2.85 Å². The Balaban J connectivity index is 0.000000321. The fraction of sp³-hybridized carbons (Fsp3) is 0.423. The molecule has 32 heavy (non-hydrogen) atoms. The van der Waals surface area contributed by atoms with Crippen LogP contribution in [0.15, 0.2) is 73.3 Å². The van der Waals surface area contributed by atoms with E-state index in [2.05, 4.69) is 36.6 Å². The summed E-state index contributed by atoms with van der Waals surface area (Å²) >= 11 is 0. The molecule has 1 fully saturated rings. The number of rotatable bonds is 10. The molecular weight excluding hydrogens is 396 g/mol. The molecule has 0 unspecified atom stereocenters. The van der Waals surface area contributed by atoms with E-state index in [1.807, 2.05) is 67.3 Å². The van der Waals surface area contributed by atoms with Gasteiger partial charge in [0.15, 0.2) is 0 Å². The summed E-state index contributed by atoms with van der Waals surface area (Å²) in [5, 5.41) is 6.81. The largest absolute Gasteiger partial charge is 0.311 e. The molecule has 2 N–H and O–H groups in total. The van der Waals surface area contributed by atoms with E-state index in [0.29, 0.717) is 0 Å². The first-order valence-corrected chi connectivity index (χ1v) is 11.7. The number of likely N-dealkylation sites (tertiary alicyclic amines) is 1. The number of nitrogens with one attached hydrogen (secondary N) is 2. The zero-order valence-corrected chi connectivity index (χ0v) is 19.0. The highest BCUT2D eigenvalue weighted by Crippen LogP contribution is 2.07. The van der Waals surface area contributed by atoms with Crippen LogP contribution in [0.5, 0.6) is 0 Å². The van der Waals surface area contributed by atoms with Gasteiger partial charge in [0, 0.05) is 53.8 Å². The summed E-state index contributed by atoms with van der Waals surface area (Å²) in [6.07, 6.45) is 12.5. The number of aromatic nitrogens is 3. The van der Waals surface area contributed by atoms with Crippen LogP contribution in [0.4, 0.5) is 0 Å². The SMILES string of the molecule is [HH].[HH].c1ccc(CNCCN2CCCCC2)nc1.c1ccc(CNCCc2ccncc2)nc1. The van der Waals surface area contributed by atoms with Crippen LogP contribution in [0.2, 0.25) is 0 Å². The Bertz CT molecular complexity index is 792. The van der Waals surface area contributed by atoms with E-state index in [1.54, 1.807) is 0 Å². The van der Waals surface area contributed by atoms with Gasteiger partial charge in [-0.1, -0.05) is 18.6 Å². The molecule has 0 aromatic carbocycles. The smallest absolute Gasteiger partial charge is 0.0541 e. The minimum atomic E-state index is 0. The molecule has 0 spiro atoms. The average Bonchev–Trinajstić information content (AvgIpc) is 2.88. The first kappa shape index (κ1) is 24.0. The molecule has 0 amide bonds. The van der Waals surface area contributed by atoms with Crippen molar-refractivity contribution in [1.82, 2.24) is 30.5 Å². The monoisotopic (exact) mass is 436 g/mol. The van der Waals surface area contributed by atoms with Gasteiger partial charge in [-0.05, 0) is 80.9 Å². The van der Waals surface area contributed by atoms with Crippen LogP contribution in [0, 0.1) is 0 Å². The van der Waals surface area contributed by atoms with Crippen LogP contribution in [0.3, 0.4) is 0 Å². The predicted octanol–water partition coefficient (Wildman–Crippen LogP) is 3.96. The van der Waals surface area contributed by atoms with Gasteiger partial charge in [-0.15, -0.1) is 0 Å². The zero-order chi connectivity index (χ0) is 22.1. The normalized spacial score (nSPS) is 13.9. The summed E-state index contributed by atoms with van der Waals surface area (Å²) in [4.78, 5) is 15.1. The van der Waals surface area contributed by atoms with Crippen molar-refractivity contribution >= 4 is 0 Å². The highest BCUT2D eigenvalue weighted by atomic mass is 15.1. The molecule has 1 saturated heterocycles. The van der Waals surface area contributed by atoms with Crippen LogP contribution in [-0.4, -0.2) is 52.6 Å². The van der Waals surface area contributed by atoms with Crippen molar-refractivity contribution in [3.8, 4) is 0 Å². The number of pyridine rings is 3. The van der Waals surface area contributed by atoms with E-state index in [9.17, 15) is 0 Å². The average molecular weight is 437 g/mol. The van der Waals surface area contributed by atoms with Crippen molar-refractivity contribution in [2.45, 2.75) is 38.8 Å². The molecule has 4 heterocycles. The van der Waals surface area contributed by atoms with Gasteiger partial charge in [0.25, 0.3) is 0 Å². The molecule has 6 nitrogen and oxygen atoms in total. The van der Waals surface area contributed by atoms with E-state index in [0.717, 1.165) is 44.0 Å². The van der Waals surface area contributed by atoms with Crippen molar-refractivity contribution in [2.24, 2.45) is 0 Å². The lowest BCUT2D eigenvalue weighted by Gasteiger charge is -2.26. The zero-order valence-electron chi connectivity index (χ0n) is 19.0. The maximum atomic E-state index is 4.29. The molecule has 174 valence electrons.